The normalized spacial score (nSPS) is 19.6. The first-order valence-electron chi connectivity index (χ1n) is 18.0. The number of halogens is 3. The molecule has 2 aliphatic heterocycles. The van der Waals surface area contributed by atoms with Crippen LogP contribution in [-0.4, -0.2) is 81.7 Å². The summed E-state index contributed by atoms with van der Waals surface area (Å²) in [6.45, 7) is 9.10. The van der Waals surface area contributed by atoms with Crippen LogP contribution in [0.4, 0.5) is 0 Å². The Morgan fingerprint density at radius 1 is 0.882 bits per heavy atom. The number of rotatable bonds is 7. The summed E-state index contributed by atoms with van der Waals surface area (Å²) in [5.74, 6) is -0.578. The number of aromatic amines is 1. The summed E-state index contributed by atoms with van der Waals surface area (Å²) in [6.07, 6.45) is 10.3. The summed E-state index contributed by atoms with van der Waals surface area (Å²) in [5.41, 5.74) is 10.7. The quantitative estimate of drug-likeness (QED) is 0.173. The number of nitrogens with zero attached hydrogens (tertiary/aromatic N) is 4. The Bertz CT molecular complexity index is 1960. The molecule has 8 nitrogen and oxygen atoms in total. The van der Waals surface area contributed by atoms with Gasteiger partial charge in [0.2, 0.25) is 0 Å². The van der Waals surface area contributed by atoms with Crippen molar-refractivity contribution in [1.29, 1.82) is 0 Å². The fourth-order valence-electron chi connectivity index (χ4n) is 8.02. The van der Waals surface area contributed by atoms with Crippen molar-refractivity contribution in [3.05, 3.63) is 99.4 Å². The van der Waals surface area contributed by atoms with Crippen LogP contribution in [0.3, 0.4) is 0 Å². The number of imidazole rings is 1. The molecule has 2 atom stereocenters. The lowest BCUT2D eigenvalue weighted by atomic mass is 9.93. The van der Waals surface area contributed by atoms with Gasteiger partial charge in [-0.2, -0.15) is 0 Å². The SMILES string of the molecule is C1CCC(N2CCN(C3CCOC3)CC2)CC1.CC(c1ccc(Cl)cc1Cl)n1cnc(-c2ccccc2)c1-c1c(C(N)=O)[nH]c2cc(Cl)ccc12. The third kappa shape index (κ3) is 7.87. The number of carbonyl (C=O) groups is 1. The first kappa shape index (κ1) is 36.0. The first-order valence-corrected chi connectivity index (χ1v) is 19.2. The highest BCUT2D eigenvalue weighted by Crippen LogP contribution is 2.42. The minimum absolute atomic E-state index is 0.220. The van der Waals surface area contributed by atoms with Crippen LogP contribution in [0.25, 0.3) is 33.4 Å². The van der Waals surface area contributed by atoms with Crippen molar-refractivity contribution in [2.24, 2.45) is 5.73 Å². The Hall–Kier alpha value is -3.37. The molecule has 8 rings (SSSR count). The van der Waals surface area contributed by atoms with E-state index in [1.54, 1.807) is 30.6 Å². The van der Waals surface area contributed by atoms with Gasteiger partial charge in [0.05, 0.1) is 30.4 Å². The number of ether oxygens (including phenoxy) is 1. The molecule has 2 aromatic heterocycles. The van der Waals surface area contributed by atoms with E-state index in [9.17, 15) is 4.79 Å². The number of benzene rings is 3. The fraction of sp³-hybridized carbons (Fsp3) is 0.400. The fourth-order valence-corrected chi connectivity index (χ4v) is 8.76. The molecule has 3 N–H and O–H groups in total. The number of fused-ring (bicyclic) bond motifs is 1. The number of piperazine rings is 1. The second-order valence-electron chi connectivity index (χ2n) is 13.9. The third-order valence-corrected chi connectivity index (χ3v) is 11.6. The number of amides is 1. The summed E-state index contributed by atoms with van der Waals surface area (Å²) >= 11 is 18.9. The van der Waals surface area contributed by atoms with E-state index < -0.39 is 5.91 Å². The summed E-state index contributed by atoms with van der Waals surface area (Å²) in [4.78, 5) is 25.9. The minimum Gasteiger partial charge on any atom is -0.380 e. The van der Waals surface area contributed by atoms with Crippen LogP contribution in [0.5, 0.6) is 0 Å². The number of aromatic nitrogens is 3. The van der Waals surface area contributed by atoms with Crippen molar-refractivity contribution < 1.29 is 9.53 Å². The van der Waals surface area contributed by atoms with Crippen molar-refractivity contribution in [1.82, 2.24) is 24.3 Å². The molecule has 3 aromatic carbocycles. The molecule has 5 aromatic rings. The monoisotopic (exact) mass is 746 g/mol. The number of nitrogens with two attached hydrogens (primary N) is 1. The molecule has 1 saturated carbocycles. The molecule has 268 valence electrons. The predicted octanol–water partition coefficient (Wildman–Crippen LogP) is 9.09. The number of hydrogen-bond donors (Lipinski definition) is 2. The van der Waals surface area contributed by atoms with Crippen molar-refractivity contribution in [3.63, 3.8) is 0 Å². The Labute approximate surface area is 314 Å². The Morgan fingerprint density at radius 3 is 2.24 bits per heavy atom. The minimum atomic E-state index is -0.578. The number of nitrogens with one attached hydrogen (secondary N) is 1. The van der Waals surface area contributed by atoms with Gasteiger partial charge in [0.1, 0.15) is 5.69 Å². The average Bonchev–Trinajstić information content (AvgIpc) is 3.92. The topological polar surface area (TPSA) is 92.4 Å². The number of primary amides is 1. The van der Waals surface area contributed by atoms with Crippen LogP contribution in [0, 0.1) is 0 Å². The second-order valence-corrected chi connectivity index (χ2v) is 15.1. The summed E-state index contributed by atoms with van der Waals surface area (Å²) in [6, 6.07) is 22.1. The zero-order chi connectivity index (χ0) is 35.5. The van der Waals surface area contributed by atoms with E-state index in [-0.39, 0.29) is 11.7 Å². The molecule has 11 heteroatoms. The lowest BCUT2D eigenvalue weighted by Gasteiger charge is -2.42. The summed E-state index contributed by atoms with van der Waals surface area (Å²) < 4.78 is 7.50. The van der Waals surface area contributed by atoms with Gasteiger partial charge >= 0.3 is 0 Å². The van der Waals surface area contributed by atoms with Crippen LogP contribution >= 0.6 is 34.8 Å². The highest BCUT2D eigenvalue weighted by molar-refractivity contribution is 6.35. The average molecular weight is 748 g/mol. The van der Waals surface area contributed by atoms with Gasteiger partial charge in [0.25, 0.3) is 5.91 Å². The van der Waals surface area contributed by atoms with E-state index in [4.69, 9.17) is 50.3 Å². The molecule has 4 heterocycles. The highest BCUT2D eigenvalue weighted by atomic mass is 35.5. The number of hydrogen-bond acceptors (Lipinski definition) is 5. The molecule has 0 radical (unpaired) electrons. The molecule has 2 unspecified atom stereocenters. The standard InChI is InChI=1S/C26H19Cl3N4O.C14H26N2O/c1-14(18-9-7-16(27)11-20(18)29)33-13-31-23(15-5-3-2-4-6-15)25(33)22-19-10-8-17(28)12-21(19)32-24(22)26(30)34;1-2-4-13(5-3-1)15-7-9-16(10-8-15)14-6-11-17-12-14/h2-14,32H,1H3,(H2,30,34);13-14H,1-12H2. The molecule has 1 aliphatic carbocycles. The third-order valence-electron chi connectivity index (χ3n) is 10.8. The molecule has 0 spiro atoms. The van der Waals surface area contributed by atoms with E-state index in [2.05, 4.69) is 14.8 Å². The maximum atomic E-state index is 12.6. The van der Waals surface area contributed by atoms with Crippen LogP contribution in [-0.2, 0) is 4.74 Å². The van der Waals surface area contributed by atoms with Gasteiger partial charge in [-0.1, -0.05) is 96.5 Å². The van der Waals surface area contributed by atoms with Gasteiger partial charge in [0.15, 0.2) is 0 Å². The zero-order valence-electron chi connectivity index (χ0n) is 29.0. The largest absolute Gasteiger partial charge is 0.380 e. The number of H-pyrrole nitrogens is 1. The lowest BCUT2D eigenvalue weighted by molar-refractivity contribution is 0.0518. The van der Waals surface area contributed by atoms with Crippen molar-refractivity contribution >= 4 is 51.6 Å². The molecule has 0 bridgehead atoms. The van der Waals surface area contributed by atoms with Crippen molar-refractivity contribution in [2.45, 2.75) is 63.6 Å². The van der Waals surface area contributed by atoms with Gasteiger partial charge in [-0.15, -0.1) is 0 Å². The van der Waals surface area contributed by atoms with Crippen molar-refractivity contribution in [3.8, 4) is 22.5 Å². The van der Waals surface area contributed by atoms with E-state index in [1.807, 2.05) is 54.0 Å². The molecule has 2 saturated heterocycles. The van der Waals surface area contributed by atoms with Crippen LogP contribution in [0.15, 0.2) is 73.1 Å². The van der Waals surface area contributed by atoms with Crippen molar-refractivity contribution in [2.75, 3.05) is 39.4 Å². The molecular weight excluding hydrogens is 703 g/mol. The molecule has 3 fully saturated rings. The Morgan fingerprint density at radius 2 is 1.57 bits per heavy atom. The zero-order valence-corrected chi connectivity index (χ0v) is 31.2. The van der Waals surface area contributed by atoms with E-state index in [1.165, 1.54) is 64.7 Å². The Balaban J connectivity index is 0.000000199. The maximum absolute atomic E-state index is 12.6. The van der Waals surface area contributed by atoms with Crippen LogP contribution < -0.4 is 5.73 Å². The molecule has 3 aliphatic rings. The van der Waals surface area contributed by atoms with E-state index >= 15 is 0 Å². The van der Waals surface area contributed by atoms with Crippen LogP contribution in [0.2, 0.25) is 15.1 Å². The Kier molecular flexibility index (Phi) is 11.4. The van der Waals surface area contributed by atoms with E-state index in [0.29, 0.717) is 26.1 Å². The molecule has 51 heavy (non-hydrogen) atoms. The maximum Gasteiger partial charge on any atom is 0.265 e. The second kappa shape index (κ2) is 16.1. The first-order chi connectivity index (χ1) is 24.8. The smallest absolute Gasteiger partial charge is 0.265 e. The van der Waals surface area contributed by atoms with Gasteiger partial charge in [-0.05, 0) is 56.0 Å². The van der Waals surface area contributed by atoms with Gasteiger partial charge in [0, 0.05) is 82.0 Å². The van der Waals surface area contributed by atoms with Gasteiger partial charge < -0.3 is 20.0 Å². The summed E-state index contributed by atoms with van der Waals surface area (Å²) in [7, 11) is 0. The van der Waals surface area contributed by atoms with Gasteiger partial charge in [-0.25, -0.2) is 4.98 Å². The molecule has 1 amide bonds. The number of carbonyl (C=O) groups excluding carboxylic acids is 1. The highest BCUT2D eigenvalue weighted by Gasteiger charge is 2.30. The van der Waals surface area contributed by atoms with Crippen LogP contribution in [0.1, 0.15) is 67.5 Å². The molecular formula is C40H45Cl3N6O2. The summed E-state index contributed by atoms with van der Waals surface area (Å²) in [5, 5.41) is 2.46. The van der Waals surface area contributed by atoms with Gasteiger partial charge in [-0.3, -0.25) is 14.6 Å². The predicted molar refractivity (Wildman–Crippen MR) is 208 cm³/mol. The van der Waals surface area contributed by atoms with E-state index in [0.717, 1.165) is 53.2 Å². The lowest BCUT2D eigenvalue weighted by Crippen LogP contribution is -2.53.